The van der Waals surface area contributed by atoms with Crippen molar-refractivity contribution in [3.8, 4) is 0 Å². The van der Waals surface area contributed by atoms with Gasteiger partial charge in [0.15, 0.2) is 0 Å². The van der Waals surface area contributed by atoms with Crippen LogP contribution in [0.15, 0.2) is 18.2 Å². The van der Waals surface area contributed by atoms with Crippen LogP contribution >= 0.6 is 11.6 Å². The Morgan fingerprint density at radius 1 is 1.36 bits per heavy atom. The Labute approximate surface area is 86.9 Å². The number of halogens is 1. The van der Waals surface area contributed by atoms with Crippen LogP contribution in [-0.2, 0) is 5.88 Å². The van der Waals surface area contributed by atoms with Crippen molar-refractivity contribution in [3.05, 3.63) is 29.7 Å². The average Bonchev–Trinajstić information content (AvgIpc) is 2.16. The van der Waals surface area contributed by atoms with E-state index in [1.54, 1.807) is 0 Å². The van der Waals surface area contributed by atoms with Gasteiger partial charge in [0.05, 0.1) is 11.4 Å². The summed E-state index contributed by atoms with van der Waals surface area (Å²) < 4.78 is 0. The van der Waals surface area contributed by atoms with E-state index in [-0.39, 0.29) is 0 Å². The molecule has 0 saturated heterocycles. The molecule has 72 valence electrons. The summed E-state index contributed by atoms with van der Waals surface area (Å²) in [6.07, 6.45) is 0. The van der Waals surface area contributed by atoms with Gasteiger partial charge < -0.3 is 5.73 Å². The lowest BCUT2D eigenvalue weighted by Crippen LogP contribution is -1.96. The molecular weight excluding hydrogens is 198 g/mol. The number of alkyl halides is 1. The summed E-state index contributed by atoms with van der Waals surface area (Å²) in [7, 11) is 0. The molecule has 0 fully saturated rings. The second-order valence-electron chi connectivity index (χ2n) is 3.14. The maximum Gasteiger partial charge on any atom is 0.144 e. The molecular formula is C10H10ClN3. The zero-order valence-electron chi connectivity index (χ0n) is 7.79. The molecule has 3 nitrogen and oxygen atoms in total. The maximum absolute atomic E-state index is 5.68. The van der Waals surface area contributed by atoms with Crippen molar-refractivity contribution in [3.63, 3.8) is 0 Å². The first-order chi connectivity index (χ1) is 6.70. The summed E-state index contributed by atoms with van der Waals surface area (Å²) in [5.74, 6) is 0.966. The van der Waals surface area contributed by atoms with E-state index in [1.807, 2.05) is 25.1 Å². The van der Waals surface area contributed by atoms with E-state index >= 15 is 0 Å². The van der Waals surface area contributed by atoms with Gasteiger partial charge in [0.2, 0.25) is 0 Å². The number of nitrogens with two attached hydrogens (primary N) is 1. The lowest BCUT2D eigenvalue weighted by atomic mass is 10.2. The molecule has 0 bridgehead atoms. The molecule has 2 aromatic rings. The molecule has 4 heteroatoms. The Morgan fingerprint density at radius 2 is 2.14 bits per heavy atom. The monoisotopic (exact) mass is 207 g/mol. The van der Waals surface area contributed by atoms with Gasteiger partial charge >= 0.3 is 0 Å². The molecule has 0 unspecified atom stereocenters. The number of aromatic nitrogens is 2. The van der Waals surface area contributed by atoms with E-state index in [4.69, 9.17) is 17.3 Å². The maximum atomic E-state index is 5.68. The first-order valence-corrected chi connectivity index (χ1v) is 4.83. The van der Waals surface area contributed by atoms with Crippen LogP contribution in [0.25, 0.3) is 10.9 Å². The minimum absolute atomic E-state index is 0.325. The van der Waals surface area contributed by atoms with Gasteiger partial charge in [0.25, 0.3) is 0 Å². The SMILES string of the molecule is Cc1nc(CCl)nc2cc(N)ccc12. The first-order valence-electron chi connectivity index (χ1n) is 4.29. The van der Waals surface area contributed by atoms with Gasteiger partial charge in [-0.25, -0.2) is 9.97 Å². The molecule has 2 N–H and O–H groups in total. The molecule has 0 amide bonds. The van der Waals surface area contributed by atoms with Gasteiger partial charge in [-0.2, -0.15) is 0 Å². The molecule has 2 rings (SSSR count). The Kier molecular flexibility index (Phi) is 2.25. The number of nitrogen functional groups attached to an aromatic ring is 1. The van der Waals surface area contributed by atoms with Gasteiger partial charge in [-0.1, -0.05) is 0 Å². The van der Waals surface area contributed by atoms with Crippen molar-refractivity contribution in [2.75, 3.05) is 5.73 Å². The highest BCUT2D eigenvalue weighted by Crippen LogP contribution is 2.18. The van der Waals surface area contributed by atoms with Crippen molar-refractivity contribution < 1.29 is 0 Å². The third kappa shape index (κ3) is 1.51. The lowest BCUT2D eigenvalue weighted by Gasteiger charge is -2.03. The molecule has 0 radical (unpaired) electrons. The van der Waals surface area contributed by atoms with Crippen molar-refractivity contribution >= 4 is 28.2 Å². The number of hydrogen-bond donors (Lipinski definition) is 1. The number of aryl methyl sites for hydroxylation is 1. The number of rotatable bonds is 1. The van der Waals surface area contributed by atoms with Crippen LogP contribution in [0.5, 0.6) is 0 Å². The van der Waals surface area contributed by atoms with Gasteiger partial charge in [-0.05, 0) is 25.1 Å². The largest absolute Gasteiger partial charge is 0.399 e. The number of fused-ring (bicyclic) bond motifs is 1. The molecule has 1 heterocycles. The van der Waals surface area contributed by atoms with E-state index in [0.717, 1.165) is 16.6 Å². The molecule has 14 heavy (non-hydrogen) atoms. The standard InChI is InChI=1S/C10H10ClN3/c1-6-8-3-2-7(12)4-9(8)14-10(5-11)13-6/h2-4H,5,12H2,1H3. The normalized spacial score (nSPS) is 10.7. The van der Waals surface area contributed by atoms with Crippen molar-refractivity contribution in [1.29, 1.82) is 0 Å². The Hall–Kier alpha value is -1.35. The second-order valence-corrected chi connectivity index (χ2v) is 3.40. The predicted octanol–water partition coefficient (Wildman–Crippen LogP) is 2.26. The average molecular weight is 208 g/mol. The fraction of sp³-hybridized carbons (Fsp3) is 0.200. The summed E-state index contributed by atoms with van der Waals surface area (Å²) in [6, 6.07) is 5.61. The van der Waals surface area contributed by atoms with E-state index in [2.05, 4.69) is 9.97 Å². The fourth-order valence-corrected chi connectivity index (χ4v) is 1.54. The number of nitrogens with zero attached hydrogens (tertiary/aromatic N) is 2. The van der Waals surface area contributed by atoms with E-state index in [0.29, 0.717) is 17.4 Å². The summed E-state index contributed by atoms with van der Waals surface area (Å²) in [6.45, 7) is 1.94. The Bertz CT molecular complexity index is 482. The van der Waals surface area contributed by atoms with Crippen LogP contribution in [0.4, 0.5) is 5.69 Å². The minimum Gasteiger partial charge on any atom is -0.399 e. The van der Waals surface area contributed by atoms with Crippen molar-refractivity contribution in [2.45, 2.75) is 12.8 Å². The van der Waals surface area contributed by atoms with Crippen molar-refractivity contribution in [1.82, 2.24) is 9.97 Å². The van der Waals surface area contributed by atoms with E-state index in [1.165, 1.54) is 0 Å². The minimum atomic E-state index is 0.325. The quantitative estimate of drug-likeness (QED) is 0.577. The van der Waals surface area contributed by atoms with Crippen LogP contribution in [-0.4, -0.2) is 9.97 Å². The van der Waals surface area contributed by atoms with Crippen LogP contribution in [0.1, 0.15) is 11.5 Å². The molecule has 0 aliphatic heterocycles. The Morgan fingerprint density at radius 3 is 2.86 bits per heavy atom. The van der Waals surface area contributed by atoms with Gasteiger partial charge in [0, 0.05) is 16.8 Å². The number of benzene rings is 1. The lowest BCUT2D eigenvalue weighted by molar-refractivity contribution is 1.03. The first kappa shape index (κ1) is 9.21. The van der Waals surface area contributed by atoms with E-state index in [9.17, 15) is 0 Å². The molecule has 0 saturated carbocycles. The van der Waals surface area contributed by atoms with E-state index < -0.39 is 0 Å². The highest BCUT2D eigenvalue weighted by Gasteiger charge is 2.03. The van der Waals surface area contributed by atoms with Crippen molar-refractivity contribution in [2.24, 2.45) is 0 Å². The molecule has 0 aliphatic rings. The number of hydrogen-bond acceptors (Lipinski definition) is 3. The molecule has 0 atom stereocenters. The third-order valence-corrected chi connectivity index (χ3v) is 2.32. The van der Waals surface area contributed by atoms with Gasteiger partial charge in [-0.15, -0.1) is 11.6 Å². The molecule has 0 spiro atoms. The fourth-order valence-electron chi connectivity index (χ4n) is 1.42. The third-order valence-electron chi connectivity index (χ3n) is 2.08. The number of anilines is 1. The van der Waals surface area contributed by atoms with Crippen LogP contribution in [0.2, 0.25) is 0 Å². The zero-order valence-corrected chi connectivity index (χ0v) is 8.54. The smallest absolute Gasteiger partial charge is 0.144 e. The Balaban J connectivity index is 2.77. The second kappa shape index (κ2) is 3.42. The topological polar surface area (TPSA) is 51.8 Å². The summed E-state index contributed by atoms with van der Waals surface area (Å²) in [5, 5.41) is 1.02. The summed E-state index contributed by atoms with van der Waals surface area (Å²) in [5.41, 5.74) is 8.17. The van der Waals surface area contributed by atoms with Crippen LogP contribution in [0, 0.1) is 6.92 Å². The van der Waals surface area contributed by atoms with Crippen LogP contribution < -0.4 is 5.73 Å². The molecule has 1 aromatic heterocycles. The highest BCUT2D eigenvalue weighted by atomic mass is 35.5. The van der Waals surface area contributed by atoms with Crippen LogP contribution in [0.3, 0.4) is 0 Å². The molecule has 0 aliphatic carbocycles. The zero-order chi connectivity index (χ0) is 10.1. The van der Waals surface area contributed by atoms with Gasteiger partial charge in [0.1, 0.15) is 5.82 Å². The predicted molar refractivity (Wildman–Crippen MR) is 58.2 cm³/mol. The molecule has 1 aromatic carbocycles. The summed E-state index contributed by atoms with van der Waals surface area (Å²) >= 11 is 5.68. The van der Waals surface area contributed by atoms with Gasteiger partial charge in [-0.3, -0.25) is 0 Å². The summed E-state index contributed by atoms with van der Waals surface area (Å²) in [4.78, 5) is 8.56. The highest BCUT2D eigenvalue weighted by molar-refractivity contribution is 6.16.